The van der Waals surface area contributed by atoms with E-state index in [4.69, 9.17) is 4.43 Å². The fourth-order valence-corrected chi connectivity index (χ4v) is 1.95. The lowest BCUT2D eigenvalue weighted by atomic mass is 9.99. The highest BCUT2D eigenvalue weighted by molar-refractivity contribution is 6.74. The molecule has 0 heterocycles. The molecule has 0 rings (SSSR count). The Kier molecular flexibility index (Phi) is 5.20. The molecule has 0 aliphatic carbocycles. The maximum Gasteiger partial charge on any atom is 0.191 e. The molecule has 0 fully saturated rings. The van der Waals surface area contributed by atoms with Crippen LogP contribution in [0.15, 0.2) is 0 Å². The largest absolute Gasteiger partial charge is 0.417 e. The summed E-state index contributed by atoms with van der Waals surface area (Å²) >= 11 is 0. The van der Waals surface area contributed by atoms with E-state index in [0.29, 0.717) is 12.5 Å². The SMILES string of the molecule is C[C@H](CO[Si](C)(C)C(C)(C)C)[C@@H](C)C=O. The van der Waals surface area contributed by atoms with Gasteiger partial charge in [0.15, 0.2) is 8.32 Å². The van der Waals surface area contributed by atoms with Gasteiger partial charge in [0.1, 0.15) is 6.29 Å². The van der Waals surface area contributed by atoms with Crippen LogP contribution >= 0.6 is 0 Å². The van der Waals surface area contributed by atoms with Gasteiger partial charge in [-0.25, -0.2) is 0 Å². The Hall–Kier alpha value is -0.153. The highest BCUT2D eigenvalue weighted by Gasteiger charge is 2.37. The third kappa shape index (κ3) is 4.47. The zero-order valence-electron chi connectivity index (χ0n) is 11.3. The lowest BCUT2D eigenvalue weighted by Gasteiger charge is -2.37. The van der Waals surface area contributed by atoms with E-state index in [9.17, 15) is 4.79 Å². The Bertz CT molecular complexity index is 206. The standard InChI is InChI=1S/C12H26O2Si/c1-10(8-13)11(2)9-14-15(6,7)12(3,4)5/h8,10-11H,9H2,1-7H3/t10-,11+/m0/s1. The Labute approximate surface area is 95.5 Å². The van der Waals surface area contributed by atoms with E-state index < -0.39 is 8.32 Å². The van der Waals surface area contributed by atoms with Crippen molar-refractivity contribution in [2.24, 2.45) is 11.8 Å². The highest BCUT2D eigenvalue weighted by Crippen LogP contribution is 2.36. The first kappa shape index (κ1) is 14.8. The molecule has 0 aromatic heterocycles. The van der Waals surface area contributed by atoms with E-state index in [0.717, 1.165) is 6.29 Å². The summed E-state index contributed by atoms with van der Waals surface area (Å²) in [4.78, 5) is 10.6. The van der Waals surface area contributed by atoms with Crippen molar-refractivity contribution in [1.29, 1.82) is 0 Å². The second kappa shape index (κ2) is 5.26. The van der Waals surface area contributed by atoms with Gasteiger partial charge >= 0.3 is 0 Å². The minimum absolute atomic E-state index is 0.0924. The number of hydrogen-bond donors (Lipinski definition) is 0. The van der Waals surface area contributed by atoms with Gasteiger partial charge in [-0.15, -0.1) is 0 Å². The van der Waals surface area contributed by atoms with Crippen molar-refractivity contribution in [1.82, 2.24) is 0 Å². The molecule has 0 aliphatic rings. The molecule has 0 saturated carbocycles. The molecule has 0 bridgehead atoms. The third-order valence-corrected chi connectivity index (χ3v) is 8.13. The van der Waals surface area contributed by atoms with Crippen LogP contribution in [0.3, 0.4) is 0 Å². The normalized spacial score (nSPS) is 17.3. The Balaban J connectivity index is 4.21. The first-order valence-corrected chi connectivity index (χ1v) is 8.62. The third-order valence-electron chi connectivity index (χ3n) is 3.63. The van der Waals surface area contributed by atoms with Gasteiger partial charge in [-0.2, -0.15) is 0 Å². The first-order chi connectivity index (χ1) is 6.62. The average Bonchev–Trinajstić information content (AvgIpc) is 2.11. The molecule has 2 nitrogen and oxygen atoms in total. The molecular formula is C12H26O2Si. The Morgan fingerprint density at radius 1 is 1.27 bits per heavy atom. The molecule has 0 saturated heterocycles. The maximum atomic E-state index is 10.6. The molecule has 0 aromatic rings. The molecular weight excluding hydrogens is 204 g/mol. The van der Waals surface area contributed by atoms with Gasteiger partial charge in [-0.1, -0.05) is 34.6 Å². The minimum atomic E-state index is -1.64. The fourth-order valence-electron chi connectivity index (χ4n) is 0.842. The molecule has 0 unspecified atom stereocenters. The van der Waals surface area contributed by atoms with Gasteiger partial charge in [-0.3, -0.25) is 0 Å². The van der Waals surface area contributed by atoms with Crippen LogP contribution in [0.4, 0.5) is 0 Å². The highest BCUT2D eigenvalue weighted by atomic mass is 28.4. The van der Waals surface area contributed by atoms with Gasteiger partial charge in [0.05, 0.1) is 0 Å². The van der Waals surface area contributed by atoms with Crippen molar-refractivity contribution in [3.63, 3.8) is 0 Å². The van der Waals surface area contributed by atoms with E-state index in [2.05, 4.69) is 40.8 Å². The number of rotatable bonds is 5. The summed E-state index contributed by atoms with van der Waals surface area (Å²) in [6.45, 7) is 15.9. The number of aldehydes is 1. The summed E-state index contributed by atoms with van der Waals surface area (Å²) in [5.41, 5.74) is 0. The van der Waals surface area contributed by atoms with Crippen LogP contribution in [0.1, 0.15) is 34.6 Å². The second-order valence-corrected chi connectivity index (χ2v) is 10.9. The summed E-state index contributed by atoms with van der Waals surface area (Å²) in [5, 5.41) is 0.247. The van der Waals surface area contributed by atoms with Crippen LogP contribution in [0.25, 0.3) is 0 Å². The van der Waals surface area contributed by atoms with Crippen molar-refractivity contribution in [3.8, 4) is 0 Å². The van der Waals surface area contributed by atoms with Crippen molar-refractivity contribution in [2.45, 2.75) is 52.8 Å². The van der Waals surface area contributed by atoms with E-state index in [1.807, 2.05) is 6.92 Å². The van der Waals surface area contributed by atoms with Gasteiger partial charge in [-0.05, 0) is 24.1 Å². The Morgan fingerprint density at radius 3 is 2.07 bits per heavy atom. The van der Waals surface area contributed by atoms with Crippen LogP contribution in [-0.4, -0.2) is 21.2 Å². The van der Waals surface area contributed by atoms with Crippen molar-refractivity contribution in [2.75, 3.05) is 6.61 Å². The van der Waals surface area contributed by atoms with Gasteiger partial charge in [0, 0.05) is 12.5 Å². The predicted octanol–water partition coefficient (Wildman–Crippen LogP) is 3.48. The van der Waals surface area contributed by atoms with Crippen LogP contribution < -0.4 is 0 Å². The molecule has 2 atom stereocenters. The maximum absolute atomic E-state index is 10.6. The zero-order chi connectivity index (χ0) is 12.3. The quantitative estimate of drug-likeness (QED) is 0.534. The monoisotopic (exact) mass is 230 g/mol. The summed E-state index contributed by atoms with van der Waals surface area (Å²) < 4.78 is 6.06. The van der Waals surface area contributed by atoms with Gasteiger partial charge in [0.2, 0.25) is 0 Å². The molecule has 0 spiro atoms. The summed E-state index contributed by atoms with van der Waals surface area (Å²) in [6.07, 6.45) is 1.01. The molecule has 0 aliphatic heterocycles. The molecule has 0 amide bonds. The second-order valence-electron chi connectivity index (χ2n) is 6.04. The summed E-state index contributed by atoms with van der Waals surface area (Å²) in [6, 6.07) is 0. The van der Waals surface area contributed by atoms with Crippen molar-refractivity contribution in [3.05, 3.63) is 0 Å². The van der Waals surface area contributed by atoms with Crippen molar-refractivity contribution >= 4 is 14.6 Å². The van der Waals surface area contributed by atoms with Crippen LogP contribution in [0, 0.1) is 11.8 Å². The molecule has 15 heavy (non-hydrogen) atoms. The van der Waals surface area contributed by atoms with E-state index in [1.165, 1.54) is 0 Å². The number of carbonyl (C=O) groups is 1. The van der Waals surface area contributed by atoms with Crippen LogP contribution in [-0.2, 0) is 9.22 Å². The van der Waals surface area contributed by atoms with Crippen LogP contribution in [0.2, 0.25) is 18.1 Å². The number of hydrogen-bond acceptors (Lipinski definition) is 2. The summed E-state index contributed by atoms with van der Waals surface area (Å²) in [7, 11) is -1.64. The van der Waals surface area contributed by atoms with E-state index in [-0.39, 0.29) is 11.0 Å². The molecule has 90 valence electrons. The smallest absolute Gasteiger partial charge is 0.191 e. The Morgan fingerprint density at radius 2 is 1.73 bits per heavy atom. The van der Waals surface area contributed by atoms with Crippen LogP contribution in [0.5, 0.6) is 0 Å². The lowest BCUT2D eigenvalue weighted by molar-refractivity contribution is -0.112. The average molecular weight is 230 g/mol. The number of carbonyl (C=O) groups excluding carboxylic acids is 1. The van der Waals surface area contributed by atoms with Gasteiger partial charge < -0.3 is 9.22 Å². The van der Waals surface area contributed by atoms with E-state index in [1.54, 1.807) is 0 Å². The van der Waals surface area contributed by atoms with E-state index >= 15 is 0 Å². The molecule has 0 radical (unpaired) electrons. The zero-order valence-corrected chi connectivity index (χ0v) is 12.3. The van der Waals surface area contributed by atoms with Crippen molar-refractivity contribution < 1.29 is 9.22 Å². The molecule has 0 N–H and O–H groups in total. The van der Waals surface area contributed by atoms with Gasteiger partial charge in [0.25, 0.3) is 0 Å². The minimum Gasteiger partial charge on any atom is -0.417 e. The predicted molar refractivity (Wildman–Crippen MR) is 67.5 cm³/mol. The lowest BCUT2D eigenvalue weighted by Crippen LogP contribution is -2.42. The molecule has 0 aromatic carbocycles. The fraction of sp³-hybridized carbons (Fsp3) is 0.917. The molecule has 3 heteroatoms. The topological polar surface area (TPSA) is 26.3 Å². The summed E-state index contributed by atoms with van der Waals surface area (Å²) in [5.74, 6) is 0.409. The first-order valence-electron chi connectivity index (χ1n) is 5.71.